The van der Waals surface area contributed by atoms with Crippen LogP contribution in [0.15, 0.2) is 42.9 Å². The third-order valence-electron chi connectivity index (χ3n) is 4.76. The molecule has 132 valence electrons. The minimum absolute atomic E-state index is 0.162. The van der Waals surface area contributed by atoms with Crippen LogP contribution in [0.2, 0.25) is 0 Å². The Morgan fingerprint density at radius 2 is 2.00 bits per heavy atom. The van der Waals surface area contributed by atoms with E-state index >= 15 is 0 Å². The fourth-order valence-corrected chi connectivity index (χ4v) is 3.44. The number of para-hydroxylation sites is 1. The maximum atomic E-state index is 13.0. The van der Waals surface area contributed by atoms with Gasteiger partial charge in [0, 0.05) is 50.2 Å². The molecule has 0 spiro atoms. The largest absolute Gasteiger partial charge is 0.481 e. The van der Waals surface area contributed by atoms with Crippen LogP contribution in [-0.4, -0.2) is 51.2 Å². The number of carbonyl (C=O) groups excluding carboxylic acids is 1. The topological polar surface area (TPSA) is 78.7 Å². The minimum atomic E-state index is -0.885. The summed E-state index contributed by atoms with van der Waals surface area (Å²) in [5.41, 5.74) is 1.65. The molecule has 1 aliphatic heterocycles. The number of carboxylic acids is 1. The molecule has 0 bridgehead atoms. The molecule has 1 aromatic heterocycles. The summed E-state index contributed by atoms with van der Waals surface area (Å²) in [6, 6.07) is 9.26. The van der Waals surface area contributed by atoms with Crippen molar-refractivity contribution in [2.24, 2.45) is 13.0 Å². The first-order valence-electron chi connectivity index (χ1n) is 8.33. The van der Waals surface area contributed by atoms with Crippen LogP contribution in [-0.2, 0) is 11.8 Å². The molecule has 2 atom stereocenters. The molecule has 1 aliphatic rings. The maximum absolute atomic E-state index is 13.0. The zero-order chi connectivity index (χ0) is 18.0. The highest BCUT2D eigenvalue weighted by Gasteiger charge is 2.42. The van der Waals surface area contributed by atoms with Crippen molar-refractivity contribution in [1.82, 2.24) is 14.5 Å². The number of urea groups is 1. The number of carbonyl (C=O) groups is 2. The van der Waals surface area contributed by atoms with Crippen LogP contribution >= 0.6 is 0 Å². The van der Waals surface area contributed by atoms with Crippen LogP contribution in [0.3, 0.4) is 0 Å². The number of anilines is 1. The quantitative estimate of drug-likeness (QED) is 0.923. The van der Waals surface area contributed by atoms with Gasteiger partial charge in [0.05, 0.1) is 12.2 Å². The minimum Gasteiger partial charge on any atom is -0.481 e. The number of imidazole rings is 1. The molecule has 3 rings (SSSR count). The van der Waals surface area contributed by atoms with Crippen molar-refractivity contribution in [2.75, 3.05) is 24.5 Å². The summed E-state index contributed by atoms with van der Waals surface area (Å²) >= 11 is 0. The Hall–Kier alpha value is -2.83. The molecule has 2 aromatic rings. The van der Waals surface area contributed by atoms with Gasteiger partial charge in [-0.15, -0.1) is 0 Å². The lowest BCUT2D eigenvalue weighted by Crippen LogP contribution is -2.42. The number of amides is 2. The lowest BCUT2D eigenvalue weighted by molar-refractivity contribution is -0.141. The normalized spacial score (nSPS) is 19.8. The van der Waals surface area contributed by atoms with E-state index in [4.69, 9.17) is 0 Å². The van der Waals surface area contributed by atoms with Gasteiger partial charge in [-0.05, 0) is 19.1 Å². The second-order valence-electron chi connectivity index (χ2n) is 6.25. The molecule has 7 nitrogen and oxygen atoms in total. The van der Waals surface area contributed by atoms with Crippen molar-refractivity contribution in [3.8, 4) is 0 Å². The Bertz CT molecular complexity index is 759. The number of nitrogens with zero attached hydrogens (tertiary/aromatic N) is 4. The summed E-state index contributed by atoms with van der Waals surface area (Å²) in [6.45, 7) is 3.01. The molecule has 1 aromatic carbocycles. The average molecular weight is 342 g/mol. The van der Waals surface area contributed by atoms with Crippen molar-refractivity contribution in [3.05, 3.63) is 48.5 Å². The van der Waals surface area contributed by atoms with Crippen LogP contribution in [0.25, 0.3) is 0 Å². The zero-order valence-electron chi connectivity index (χ0n) is 14.4. The van der Waals surface area contributed by atoms with Crippen molar-refractivity contribution < 1.29 is 14.7 Å². The summed E-state index contributed by atoms with van der Waals surface area (Å²) < 4.78 is 1.82. The number of aliphatic carboxylic acids is 1. The second kappa shape index (κ2) is 6.96. The smallest absolute Gasteiger partial charge is 0.324 e. The SMILES string of the molecule is CCN(C(=O)N1C[C@H](C(=O)O)[C@@H](c2cncn2C)C1)c1ccccc1. The summed E-state index contributed by atoms with van der Waals surface area (Å²) in [5.74, 6) is -1.78. The fraction of sp³-hybridized carbons (Fsp3) is 0.389. The molecule has 7 heteroatoms. The first-order valence-corrected chi connectivity index (χ1v) is 8.33. The van der Waals surface area contributed by atoms with Gasteiger partial charge >= 0.3 is 12.0 Å². The van der Waals surface area contributed by atoms with Crippen molar-refractivity contribution in [3.63, 3.8) is 0 Å². The lowest BCUT2D eigenvalue weighted by Gasteiger charge is -2.27. The van der Waals surface area contributed by atoms with E-state index in [-0.39, 0.29) is 18.5 Å². The molecule has 0 aliphatic carbocycles. The fourth-order valence-electron chi connectivity index (χ4n) is 3.44. The predicted molar refractivity (Wildman–Crippen MR) is 93.5 cm³/mol. The van der Waals surface area contributed by atoms with Gasteiger partial charge in [-0.1, -0.05) is 18.2 Å². The maximum Gasteiger partial charge on any atom is 0.324 e. The third-order valence-corrected chi connectivity index (χ3v) is 4.76. The van der Waals surface area contributed by atoms with Crippen LogP contribution in [0.4, 0.5) is 10.5 Å². The van der Waals surface area contributed by atoms with Crippen LogP contribution in [0, 0.1) is 5.92 Å². The second-order valence-corrected chi connectivity index (χ2v) is 6.25. The van der Waals surface area contributed by atoms with Gasteiger partial charge < -0.3 is 14.6 Å². The standard InChI is InChI=1S/C18H22N4O3/c1-3-22(13-7-5-4-6-8-13)18(25)21-10-14(15(11-21)17(23)24)16-9-19-12-20(16)2/h4-9,12,14-15H,3,10-11H2,1-2H3,(H,23,24)/t14-,15-/m0/s1. The highest BCUT2D eigenvalue weighted by molar-refractivity contribution is 5.92. The molecule has 0 saturated carbocycles. The van der Waals surface area contributed by atoms with E-state index in [1.165, 1.54) is 0 Å². The Balaban J connectivity index is 1.84. The van der Waals surface area contributed by atoms with Crippen LogP contribution < -0.4 is 4.90 Å². The number of aromatic nitrogens is 2. The zero-order valence-corrected chi connectivity index (χ0v) is 14.4. The summed E-state index contributed by atoms with van der Waals surface area (Å²) in [5, 5.41) is 9.60. The molecular weight excluding hydrogens is 320 g/mol. The number of benzene rings is 1. The van der Waals surface area contributed by atoms with Crippen molar-refractivity contribution in [2.45, 2.75) is 12.8 Å². The van der Waals surface area contributed by atoms with E-state index in [1.807, 2.05) is 48.9 Å². The number of hydrogen-bond acceptors (Lipinski definition) is 3. The lowest BCUT2D eigenvalue weighted by atomic mass is 9.93. The Labute approximate surface area is 146 Å². The first kappa shape index (κ1) is 17.0. The van der Waals surface area contributed by atoms with Gasteiger partial charge in [-0.2, -0.15) is 0 Å². The Kier molecular flexibility index (Phi) is 4.74. The van der Waals surface area contributed by atoms with Gasteiger partial charge in [0.1, 0.15) is 0 Å². The molecule has 25 heavy (non-hydrogen) atoms. The van der Waals surface area contributed by atoms with E-state index in [0.717, 1.165) is 11.4 Å². The number of carboxylic acid groups (broad SMARTS) is 1. The number of aryl methyl sites for hydroxylation is 1. The van der Waals surface area contributed by atoms with E-state index < -0.39 is 11.9 Å². The van der Waals surface area contributed by atoms with Gasteiger partial charge in [-0.25, -0.2) is 9.78 Å². The monoisotopic (exact) mass is 342 g/mol. The molecule has 0 radical (unpaired) electrons. The molecule has 2 heterocycles. The van der Waals surface area contributed by atoms with E-state index in [0.29, 0.717) is 13.1 Å². The molecule has 1 saturated heterocycles. The Morgan fingerprint density at radius 3 is 2.56 bits per heavy atom. The van der Waals surface area contributed by atoms with E-state index in [9.17, 15) is 14.7 Å². The van der Waals surface area contributed by atoms with Gasteiger partial charge in [-0.3, -0.25) is 9.69 Å². The molecule has 2 amide bonds. The molecule has 1 N–H and O–H groups in total. The molecule has 1 fully saturated rings. The van der Waals surface area contributed by atoms with Crippen LogP contribution in [0.5, 0.6) is 0 Å². The van der Waals surface area contributed by atoms with E-state index in [2.05, 4.69) is 4.98 Å². The number of hydrogen-bond donors (Lipinski definition) is 1. The summed E-state index contributed by atoms with van der Waals surface area (Å²) in [7, 11) is 1.84. The van der Waals surface area contributed by atoms with Gasteiger partial charge in [0.25, 0.3) is 0 Å². The third kappa shape index (κ3) is 3.22. The molecule has 0 unspecified atom stereocenters. The average Bonchev–Trinajstić information content (AvgIpc) is 3.22. The highest BCUT2D eigenvalue weighted by Crippen LogP contribution is 2.33. The Morgan fingerprint density at radius 1 is 1.28 bits per heavy atom. The number of rotatable bonds is 4. The molecular formula is C18H22N4O3. The van der Waals surface area contributed by atoms with Gasteiger partial charge in [0.2, 0.25) is 0 Å². The van der Waals surface area contributed by atoms with Crippen molar-refractivity contribution in [1.29, 1.82) is 0 Å². The van der Waals surface area contributed by atoms with E-state index in [1.54, 1.807) is 22.3 Å². The highest BCUT2D eigenvalue weighted by atomic mass is 16.4. The first-order chi connectivity index (χ1) is 12.0. The summed E-state index contributed by atoms with van der Waals surface area (Å²) in [6.07, 6.45) is 3.34. The number of likely N-dealkylation sites (tertiary alicyclic amines) is 1. The van der Waals surface area contributed by atoms with Gasteiger partial charge in [0.15, 0.2) is 0 Å². The predicted octanol–water partition coefficient (Wildman–Crippen LogP) is 2.17. The van der Waals surface area contributed by atoms with Crippen molar-refractivity contribution >= 4 is 17.7 Å². The summed E-state index contributed by atoms with van der Waals surface area (Å²) in [4.78, 5) is 32.1. The van der Waals surface area contributed by atoms with Crippen LogP contribution in [0.1, 0.15) is 18.5 Å².